The third kappa shape index (κ3) is 1.67. The monoisotopic (exact) mass is 266 g/mol. The van der Waals surface area contributed by atoms with E-state index in [0.29, 0.717) is 10.0 Å². The standard InChI is InChI=1S/C13H12Cl2N2/c1-16-12-8-3-2-4-11(8)17-13-9(12)5-7(14)6-10(13)15/h5-6H,2-4H2,1H3,(H,16,17). The largest absolute Gasteiger partial charge is 0.387 e. The summed E-state index contributed by atoms with van der Waals surface area (Å²) in [5.41, 5.74) is 4.47. The number of rotatable bonds is 1. The van der Waals surface area contributed by atoms with Crippen LogP contribution in [0.15, 0.2) is 12.1 Å². The number of aryl methyl sites for hydroxylation is 1. The summed E-state index contributed by atoms with van der Waals surface area (Å²) in [7, 11) is 1.93. The summed E-state index contributed by atoms with van der Waals surface area (Å²) in [6, 6.07) is 3.68. The molecule has 0 amide bonds. The quantitative estimate of drug-likeness (QED) is 0.842. The van der Waals surface area contributed by atoms with Gasteiger partial charge < -0.3 is 5.32 Å². The molecular formula is C13H12Cl2N2. The van der Waals surface area contributed by atoms with Crippen LogP contribution >= 0.6 is 23.2 Å². The van der Waals surface area contributed by atoms with Crippen LogP contribution in [0.3, 0.4) is 0 Å². The molecule has 2 aromatic rings. The van der Waals surface area contributed by atoms with Crippen LogP contribution < -0.4 is 5.32 Å². The Morgan fingerprint density at radius 2 is 2.06 bits per heavy atom. The van der Waals surface area contributed by atoms with Crippen LogP contribution in [0.2, 0.25) is 10.0 Å². The fourth-order valence-corrected chi connectivity index (χ4v) is 3.11. The number of hydrogen-bond donors (Lipinski definition) is 1. The highest BCUT2D eigenvalue weighted by Gasteiger charge is 2.20. The van der Waals surface area contributed by atoms with Crippen molar-refractivity contribution in [1.82, 2.24) is 4.98 Å². The Labute approximate surface area is 110 Å². The molecule has 0 fully saturated rings. The summed E-state index contributed by atoms with van der Waals surface area (Å²) >= 11 is 12.3. The molecule has 1 aliphatic carbocycles. The van der Waals surface area contributed by atoms with Gasteiger partial charge in [0, 0.05) is 28.8 Å². The summed E-state index contributed by atoms with van der Waals surface area (Å²) in [5, 5.41) is 5.56. The first kappa shape index (κ1) is 11.1. The van der Waals surface area contributed by atoms with Gasteiger partial charge in [-0.1, -0.05) is 23.2 Å². The molecule has 1 aromatic carbocycles. The van der Waals surface area contributed by atoms with Crippen LogP contribution in [0.4, 0.5) is 5.69 Å². The zero-order chi connectivity index (χ0) is 12.0. The van der Waals surface area contributed by atoms with Gasteiger partial charge in [0.05, 0.1) is 10.5 Å². The molecule has 0 radical (unpaired) electrons. The first-order chi connectivity index (χ1) is 8.20. The topological polar surface area (TPSA) is 24.9 Å². The third-order valence-electron chi connectivity index (χ3n) is 3.28. The molecule has 1 aromatic heterocycles. The van der Waals surface area contributed by atoms with E-state index in [9.17, 15) is 0 Å². The molecule has 0 aliphatic heterocycles. The van der Waals surface area contributed by atoms with Crippen molar-refractivity contribution in [2.45, 2.75) is 19.3 Å². The average molecular weight is 267 g/mol. The number of pyridine rings is 1. The second-order valence-electron chi connectivity index (χ2n) is 4.30. The third-order valence-corrected chi connectivity index (χ3v) is 3.79. The highest BCUT2D eigenvalue weighted by Crippen LogP contribution is 2.37. The summed E-state index contributed by atoms with van der Waals surface area (Å²) in [6.07, 6.45) is 3.29. The number of hydrogen-bond acceptors (Lipinski definition) is 2. The predicted molar refractivity (Wildman–Crippen MR) is 73.3 cm³/mol. The van der Waals surface area contributed by atoms with Gasteiger partial charge in [0.25, 0.3) is 0 Å². The maximum absolute atomic E-state index is 6.22. The highest BCUT2D eigenvalue weighted by atomic mass is 35.5. The van der Waals surface area contributed by atoms with Gasteiger partial charge in [-0.15, -0.1) is 0 Å². The van der Waals surface area contributed by atoms with Crippen LogP contribution in [0.25, 0.3) is 10.9 Å². The lowest BCUT2D eigenvalue weighted by Crippen LogP contribution is -1.99. The molecule has 88 valence electrons. The van der Waals surface area contributed by atoms with Crippen LogP contribution in [-0.2, 0) is 12.8 Å². The normalized spacial score (nSPS) is 14.1. The van der Waals surface area contributed by atoms with Crippen molar-refractivity contribution in [3.05, 3.63) is 33.4 Å². The summed E-state index contributed by atoms with van der Waals surface area (Å²) < 4.78 is 0. The van der Waals surface area contributed by atoms with E-state index in [1.165, 1.54) is 17.7 Å². The van der Waals surface area contributed by atoms with Gasteiger partial charge in [-0.25, -0.2) is 0 Å². The predicted octanol–water partition coefficient (Wildman–Crippen LogP) is 4.07. The lowest BCUT2D eigenvalue weighted by atomic mass is 10.1. The lowest BCUT2D eigenvalue weighted by molar-refractivity contribution is 0.901. The molecule has 1 aliphatic rings. The molecule has 0 saturated heterocycles. The highest BCUT2D eigenvalue weighted by molar-refractivity contribution is 6.38. The van der Waals surface area contributed by atoms with Gasteiger partial charge in [-0.3, -0.25) is 4.98 Å². The average Bonchev–Trinajstić information content (AvgIpc) is 2.74. The Balaban J connectivity index is 2.45. The minimum Gasteiger partial charge on any atom is -0.387 e. The first-order valence-electron chi connectivity index (χ1n) is 5.69. The van der Waals surface area contributed by atoms with Crippen molar-refractivity contribution in [2.24, 2.45) is 0 Å². The Bertz CT molecular complexity index is 608. The zero-order valence-corrected chi connectivity index (χ0v) is 11.0. The second kappa shape index (κ2) is 4.04. The number of benzene rings is 1. The molecular weight excluding hydrogens is 255 g/mol. The Hall–Kier alpha value is -0.990. The van der Waals surface area contributed by atoms with Gasteiger partial charge >= 0.3 is 0 Å². The fourth-order valence-electron chi connectivity index (χ4n) is 2.57. The first-order valence-corrected chi connectivity index (χ1v) is 6.44. The molecule has 0 atom stereocenters. The Kier molecular flexibility index (Phi) is 2.64. The van der Waals surface area contributed by atoms with Crippen molar-refractivity contribution < 1.29 is 0 Å². The van der Waals surface area contributed by atoms with E-state index in [2.05, 4.69) is 10.3 Å². The van der Waals surface area contributed by atoms with E-state index < -0.39 is 0 Å². The van der Waals surface area contributed by atoms with Crippen molar-refractivity contribution in [2.75, 3.05) is 12.4 Å². The van der Waals surface area contributed by atoms with Crippen LogP contribution in [0.5, 0.6) is 0 Å². The van der Waals surface area contributed by atoms with E-state index in [-0.39, 0.29) is 0 Å². The zero-order valence-electron chi connectivity index (χ0n) is 9.48. The Morgan fingerprint density at radius 3 is 2.82 bits per heavy atom. The summed E-state index contributed by atoms with van der Waals surface area (Å²) in [4.78, 5) is 4.67. The van der Waals surface area contributed by atoms with Gasteiger partial charge in [-0.2, -0.15) is 0 Å². The van der Waals surface area contributed by atoms with Crippen LogP contribution in [0.1, 0.15) is 17.7 Å². The summed E-state index contributed by atoms with van der Waals surface area (Å²) in [6.45, 7) is 0. The number of anilines is 1. The van der Waals surface area contributed by atoms with E-state index in [1.54, 1.807) is 6.07 Å². The van der Waals surface area contributed by atoms with Crippen molar-refractivity contribution in [3.63, 3.8) is 0 Å². The van der Waals surface area contributed by atoms with Crippen molar-refractivity contribution in [1.29, 1.82) is 0 Å². The molecule has 1 heterocycles. The van der Waals surface area contributed by atoms with Gasteiger partial charge in [0.1, 0.15) is 0 Å². The maximum atomic E-state index is 6.22. The minimum atomic E-state index is 0.624. The number of nitrogens with zero attached hydrogens (tertiary/aromatic N) is 1. The smallest absolute Gasteiger partial charge is 0.0913 e. The van der Waals surface area contributed by atoms with Crippen molar-refractivity contribution >= 4 is 39.8 Å². The number of aromatic nitrogens is 1. The molecule has 2 nitrogen and oxygen atoms in total. The molecule has 3 rings (SSSR count). The van der Waals surface area contributed by atoms with Gasteiger partial charge in [0.15, 0.2) is 0 Å². The van der Waals surface area contributed by atoms with E-state index >= 15 is 0 Å². The lowest BCUT2D eigenvalue weighted by Gasteiger charge is -2.13. The molecule has 17 heavy (non-hydrogen) atoms. The molecule has 0 unspecified atom stereocenters. The minimum absolute atomic E-state index is 0.624. The molecule has 0 saturated carbocycles. The molecule has 1 N–H and O–H groups in total. The number of halogens is 2. The van der Waals surface area contributed by atoms with Gasteiger partial charge in [-0.05, 0) is 37.0 Å². The Morgan fingerprint density at radius 1 is 1.24 bits per heavy atom. The van der Waals surface area contributed by atoms with E-state index in [4.69, 9.17) is 23.2 Å². The van der Waals surface area contributed by atoms with Crippen LogP contribution in [-0.4, -0.2) is 12.0 Å². The fraction of sp³-hybridized carbons (Fsp3) is 0.308. The molecule has 4 heteroatoms. The SMILES string of the molecule is CNc1c2c(nc3c(Cl)cc(Cl)cc13)CCC2. The molecule has 0 spiro atoms. The van der Waals surface area contributed by atoms with Crippen molar-refractivity contribution in [3.8, 4) is 0 Å². The van der Waals surface area contributed by atoms with E-state index in [0.717, 1.165) is 29.4 Å². The maximum Gasteiger partial charge on any atom is 0.0913 e. The van der Waals surface area contributed by atoms with Crippen LogP contribution in [0, 0.1) is 0 Å². The second-order valence-corrected chi connectivity index (χ2v) is 5.14. The number of nitrogens with one attached hydrogen (secondary N) is 1. The summed E-state index contributed by atoms with van der Waals surface area (Å²) in [5.74, 6) is 0. The van der Waals surface area contributed by atoms with E-state index in [1.807, 2.05) is 13.1 Å². The molecule has 0 bridgehead atoms. The number of fused-ring (bicyclic) bond motifs is 2. The van der Waals surface area contributed by atoms with Gasteiger partial charge in [0.2, 0.25) is 0 Å².